The topological polar surface area (TPSA) is 92.5 Å². The first-order chi connectivity index (χ1) is 8.85. The van der Waals surface area contributed by atoms with Crippen molar-refractivity contribution in [1.29, 1.82) is 0 Å². The van der Waals surface area contributed by atoms with Gasteiger partial charge in [-0.25, -0.2) is 4.39 Å². The molecule has 6 nitrogen and oxygen atoms in total. The van der Waals surface area contributed by atoms with Gasteiger partial charge in [-0.1, -0.05) is 0 Å². The number of carboxylic acids is 1. The second kappa shape index (κ2) is 4.49. The van der Waals surface area contributed by atoms with Crippen molar-refractivity contribution in [1.82, 2.24) is 0 Å². The van der Waals surface area contributed by atoms with Gasteiger partial charge >= 0.3 is 5.97 Å². The van der Waals surface area contributed by atoms with Crippen molar-refractivity contribution in [2.24, 2.45) is 5.41 Å². The van der Waals surface area contributed by atoms with Gasteiger partial charge in [0.05, 0.1) is 16.4 Å². The van der Waals surface area contributed by atoms with Gasteiger partial charge in [-0.05, 0) is 31.4 Å². The Morgan fingerprint density at radius 2 is 2.21 bits per heavy atom. The van der Waals surface area contributed by atoms with E-state index in [1.165, 1.54) is 13.0 Å². The average Bonchev–Trinajstić information content (AvgIpc) is 3.11. The van der Waals surface area contributed by atoms with E-state index < -0.39 is 22.1 Å². The van der Waals surface area contributed by atoms with Gasteiger partial charge in [-0.15, -0.1) is 0 Å². The number of carbonyl (C=O) groups is 1. The van der Waals surface area contributed by atoms with Crippen LogP contribution in [0.3, 0.4) is 0 Å². The van der Waals surface area contributed by atoms with Crippen molar-refractivity contribution in [3.8, 4) is 0 Å². The highest BCUT2D eigenvalue weighted by Crippen LogP contribution is 2.46. The molecular weight excluding hydrogens is 255 g/mol. The molecule has 1 aromatic rings. The maximum Gasteiger partial charge on any atom is 0.311 e. The molecule has 1 aliphatic carbocycles. The van der Waals surface area contributed by atoms with Crippen LogP contribution in [0.4, 0.5) is 15.8 Å². The molecule has 7 heteroatoms. The molecule has 102 valence electrons. The van der Waals surface area contributed by atoms with E-state index in [4.69, 9.17) is 5.11 Å². The predicted molar refractivity (Wildman–Crippen MR) is 65.6 cm³/mol. The lowest BCUT2D eigenvalue weighted by molar-refractivity contribution is -0.384. The molecule has 0 bridgehead atoms. The number of rotatable bonds is 5. The van der Waals surface area contributed by atoms with Crippen LogP contribution in [-0.4, -0.2) is 22.5 Å². The molecule has 0 unspecified atom stereocenters. The highest BCUT2D eigenvalue weighted by Gasteiger charge is 2.50. The molecule has 0 spiro atoms. The molecule has 0 heterocycles. The fraction of sp³-hybridized carbons (Fsp3) is 0.417. The Balaban J connectivity index is 2.22. The number of halogens is 1. The van der Waals surface area contributed by atoms with Gasteiger partial charge in [0.2, 0.25) is 0 Å². The Morgan fingerprint density at radius 1 is 1.58 bits per heavy atom. The van der Waals surface area contributed by atoms with Gasteiger partial charge in [-0.2, -0.15) is 0 Å². The fourth-order valence-corrected chi connectivity index (χ4v) is 1.85. The normalized spacial score (nSPS) is 15.9. The molecule has 1 aliphatic rings. The third kappa shape index (κ3) is 2.49. The quantitative estimate of drug-likeness (QED) is 0.631. The van der Waals surface area contributed by atoms with Crippen molar-refractivity contribution in [3.05, 3.63) is 33.6 Å². The molecule has 0 aromatic heterocycles. The number of aryl methyl sites for hydroxylation is 1. The summed E-state index contributed by atoms with van der Waals surface area (Å²) in [6, 6.07) is 2.17. The summed E-state index contributed by atoms with van der Waals surface area (Å²) in [5.41, 5.74) is -0.801. The molecule has 1 fully saturated rings. The minimum Gasteiger partial charge on any atom is -0.481 e. The van der Waals surface area contributed by atoms with Gasteiger partial charge in [0.25, 0.3) is 5.69 Å². The van der Waals surface area contributed by atoms with E-state index >= 15 is 0 Å². The number of carboxylic acid groups (broad SMARTS) is 1. The number of aliphatic carboxylic acids is 1. The van der Waals surface area contributed by atoms with Gasteiger partial charge in [0, 0.05) is 6.54 Å². The minimum absolute atomic E-state index is 0.105. The molecule has 1 saturated carbocycles. The summed E-state index contributed by atoms with van der Waals surface area (Å²) >= 11 is 0. The molecule has 0 aliphatic heterocycles. The van der Waals surface area contributed by atoms with E-state index in [0.717, 1.165) is 6.07 Å². The van der Waals surface area contributed by atoms with E-state index in [0.29, 0.717) is 12.8 Å². The molecule has 0 radical (unpaired) electrons. The van der Waals surface area contributed by atoms with Crippen molar-refractivity contribution in [2.75, 3.05) is 11.9 Å². The van der Waals surface area contributed by atoms with Crippen molar-refractivity contribution < 1.29 is 19.2 Å². The van der Waals surface area contributed by atoms with Gasteiger partial charge in [0.15, 0.2) is 0 Å². The summed E-state index contributed by atoms with van der Waals surface area (Å²) in [6.07, 6.45) is 1.09. The monoisotopic (exact) mass is 268 g/mol. The SMILES string of the molecule is Cc1cc(NCC2(C(=O)O)CC2)c([N+](=O)[O-])cc1F. The molecule has 2 N–H and O–H groups in total. The van der Waals surface area contributed by atoms with Crippen molar-refractivity contribution in [2.45, 2.75) is 19.8 Å². The van der Waals surface area contributed by atoms with Gasteiger partial charge < -0.3 is 10.4 Å². The number of nitrogens with zero attached hydrogens (tertiary/aromatic N) is 1. The third-order valence-electron chi connectivity index (χ3n) is 3.40. The fourth-order valence-electron chi connectivity index (χ4n) is 1.85. The number of hydrogen-bond acceptors (Lipinski definition) is 4. The van der Waals surface area contributed by atoms with E-state index in [1.807, 2.05) is 0 Å². The van der Waals surface area contributed by atoms with Crippen LogP contribution in [0.5, 0.6) is 0 Å². The van der Waals surface area contributed by atoms with Crippen molar-refractivity contribution in [3.63, 3.8) is 0 Å². The molecule has 2 rings (SSSR count). The van der Waals surface area contributed by atoms with Crippen LogP contribution in [0, 0.1) is 28.3 Å². The van der Waals surface area contributed by atoms with Crippen LogP contribution in [0.25, 0.3) is 0 Å². The predicted octanol–water partition coefficient (Wildman–Crippen LogP) is 2.32. The second-order valence-electron chi connectivity index (χ2n) is 4.81. The first-order valence-corrected chi connectivity index (χ1v) is 5.77. The highest BCUT2D eigenvalue weighted by atomic mass is 19.1. The molecule has 0 atom stereocenters. The average molecular weight is 268 g/mol. The summed E-state index contributed by atoms with van der Waals surface area (Å²) < 4.78 is 13.3. The highest BCUT2D eigenvalue weighted by molar-refractivity contribution is 5.79. The number of nitro benzene ring substituents is 1. The maximum atomic E-state index is 13.3. The zero-order valence-corrected chi connectivity index (χ0v) is 10.3. The van der Waals surface area contributed by atoms with Crippen LogP contribution < -0.4 is 5.32 Å². The Labute approximate surface area is 108 Å². The lowest BCUT2D eigenvalue weighted by Gasteiger charge is -2.13. The Hall–Kier alpha value is -2.18. The third-order valence-corrected chi connectivity index (χ3v) is 3.40. The zero-order chi connectivity index (χ0) is 14.2. The van der Waals surface area contributed by atoms with E-state index in [1.54, 1.807) is 0 Å². The van der Waals surface area contributed by atoms with Crippen LogP contribution in [-0.2, 0) is 4.79 Å². The lowest BCUT2D eigenvalue weighted by Crippen LogP contribution is -2.24. The minimum atomic E-state index is -0.915. The summed E-state index contributed by atoms with van der Waals surface area (Å²) in [5.74, 6) is -1.57. The Bertz CT molecular complexity index is 555. The largest absolute Gasteiger partial charge is 0.481 e. The number of hydrogen-bond donors (Lipinski definition) is 2. The van der Waals surface area contributed by atoms with Crippen LogP contribution in [0.15, 0.2) is 12.1 Å². The second-order valence-corrected chi connectivity index (χ2v) is 4.81. The molecular formula is C12H13FN2O4. The van der Waals surface area contributed by atoms with Crippen molar-refractivity contribution >= 4 is 17.3 Å². The zero-order valence-electron chi connectivity index (χ0n) is 10.3. The van der Waals surface area contributed by atoms with Crippen LogP contribution in [0.2, 0.25) is 0 Å². The Kier molecular flexibility index (Phi) is 3.13. The first-order valence-electron chi connectivity index (χ1n) is 5.77. The number of nitro groups is 1. The summed E-state index contributed by atoms with van der Waals surface area (Å²) in [5, 5.41) is 22.6. The van der Waals surface area contributed by atoms with Gasteiger partial charge in [-0.3, -0.25) is 14.9 Å². The van der Waals surface area contributed by atoms with Crippen LogP contribution in [0.1, 0.15) is 18.4 Å². The molecule has 0 saturated heterocycles. The standard InChI is InChI=1S/C12H13FN2O4/c1-7-4-9(10(15(18)19)5-8(7)13)14-6-12(2-3-12)11(16)17/h4-5,14H,2-3,6H2,1H3,(H,16,17). The number of benzene rings is 1. The molecule has 19 heavy (non-hydrogen) atoms. The number of anilines is 1. The summed E-state index contributed by atoms with van der Waals surface area (Å²) in [4.78, 5) is 21.2. The Morgan fingerprint density at radius 3 is 2.68 bits per heavy atom. The molecule has 1 aromatic carbocycles. The summed E-state index contributed by atoms with van der Waals surface area (Å²) in [7, 11) is 0. The van der Waals surface area contributed by atoms with E-state index in [9.17, 15) is 19.3 Å². The summed E-state index contributed by atoms with van der Waals surface area (Å²) in [6.45, 7) is 1.60. The number of nitrogens with one attached hydrogen (secondary N) is 1. The molecule has 0 amide bonds. The lowest BCUT2D eigenvalue weighted by atomic mass is 10.1. The first kappa shape index (κ1) is 13.3. The smallest absolute Gasteiger partial charge is 0.311 e. The van der Waals surface area contributed by atoms with E-state index in [2.05, 4.69) is 5.32 Å². The van der Waals surface area contributed by atoms with E-state index in [-0.39, 0.29) is 23.5 Å². The van der Waals surface area contributed by atoms with Crippen LogP contribution >= 0.6 is 0 Å². The van der Waals surface area contributed by atoms with Gasteiger partial charge in [0.1, 0.15) is 11.5 Å². The maximum absolute atomic E-state index is 13.3.